The van der Waals surface area contributed by atoms with E-state index in [1.54, 1.807) is 29.4 Å². The Morgan fingerprint density at radius 2 is 1.73 bits per heavy atom. The van der Waals surface area contributed by atoms with Gasteiger partial charge in [-0.05, 0) is 24.6 Å². The Labute approximate surface area is 190 Å². The predicted octanol–water partition coefficient (Wildman–Crippen LogP) is 4.48. The number of pyridine rings is 1. The van der Waals surface area contributed by atoms with Crippen LogP contribution in [0.15, 0.2) is 96.0 Å². The number of benzene rings is 2. The molecule has 3 heterocycles. The fourth-order valence-electron chi connectivity index (χ4n) is 3.46. The van der Waals surface area contributed by atoms with Gasteiger partial charge in [-0.1, -0.05) is 65.8 Å². The van der Waals surface area contributed by atoms with Crippen molar-refractivity contribution in [3.8, 4) is 28.7 Å². The third-order valence-corrected chi connectivity index (χ3v) is 5.18. The lowest BCUT2D eigenvalue weighted by Gasteiger charge is -2.13. The molecule has 0 radical (unpaired) electrons. The molecule has 8 nitrogen and oxygen atoms in total. The summed E-state index contributed by atoms with van der Waals surface area (Å²) in [5, 5.41) is 7.06. The van der Waals surface area contributed by atoms with E-state index in [1.807, 2.05) is 73.7 Å². The summed E-state index contributed by atoms with van der Waals surface area (Å²) in [6.45, 7) is 1.93. The number of amides is 1. The molecule has 0 saturated heterocycles. The quantitative estimate of drug-likeness (QED) is 0.422. The van der Waals surface area contributed by atoms with Crippen LogP contribution in [0.3, 0.4) is 0 Å². The Bertz CT molecular complexity index is 1380. The standard InChI is InChI=1S/C25H20N6O2/c1-17(18-9-4-2-5-10-18)28-24(32)21-15-31(16-27-21)23-20(13-8-14-26-23)25-29-22(30-33-25)19-11-6-3-7-12-19/h2-17H,1H3,(H,28,32)/t17-/m0/s1. The van der Waals surface area contributed by atoms with Crippen molar-refractivity contribution in [1.29, 1.82) is 0 Å². The van der Waals surface area contributed by atoms with Crippen molar-refractivity contribution in [2.24, 2.45) is 0 Å². The van der Waals surface area contributed by atoms with Gasteiger partial charge in [-0.3, -0.25) is 9.36 Å². The third kappa shape index (κ3) is 4.27. The summed E-state index contributed by atoms with van der Waals surface area (Å²) in [5.74, 6) is 1.07. The number of nitrogens with zero attached hydrogens (tertiary/aromatic N) is 5. The topological polar surface area (TPSA) is 98.7 Å². The zero-order chi connectivity index (χ0) is 22.6. The van der Waals surface area contributed by atoms with Gasteiger partial charge in [0.25, 0.3) is 11.8 Å². The van der Waals surface area contributed by atoms with Crippen LogP contribution in [-0.4, -0.2) is 30.6 Å². The molecule has 3 aromatic heterocycles. The maximum Gasteiger partial charge on any atom is 0.271 e. The molecular weight excluding hydrogens is 416 g/mol. The van der Waals surface area contributed by atoms with Gasteiger partial charge in [-0.2, -0.15) is 4.98 Å². The van der Waals surface area contributed by atoms with Gasteiger partial charge in [0.15, 0.2) is 5.82 Å². The zero-order valence-electron chi connectivity index (χ0n) is 17.8. The van der Waals surface area contributed by atoms with Crippen molar-refractivity contribution in [1.82, 2.24) is 30.0 Å². The van der Waals surface area contributed by atoms with Crippen molar-refractivity contribution in [3.05, 3.63) is 103 Å². The van der Waals surface area contributed by atoms with E-state index in [-0.39, 0.29) is 17.6 Å². The van der Waals surface area contributed by atoms with Gasteiger partial charge in [0.1, 0.15) is 12.0 Å². The van der Waals surface area contributed by atoms with Crippen molar-refractivity contribution in [2.45, 2.75) is 13.0 Å². The lowest BCUT2D eigenvalue weighted by atomic mass is 10.1. The van der Waals surface area contributed by atoms with Gasteiger partial charge in [-0.15, -0.1) is 0 Å². The molecule has 5 rings (SSSR count). The van der Waals surface area contributed by atoms with Crippen LogP contribution in [0.4, 0.5) is 0 Å². The number of rotatable bonds is 6. The third-order valence-electron chi connectivity index (χ3n) is 5.18. The normalized spacial score (nSPS) is 11.8. The second kappa shape index (κ2) is 8.88. The smallest absolute Gasteiger partial charge is 0.271 e. The molecule has 0 saturated carbocycles. The predicted molar refractivity (Wildman–Crippen MR) is 122 cm³/mol. The average molecular weight is 436 g/mol. The first-order valence-corrected chi connectivity index (χ1v) is 10.4. The van der Waals surface area contributed by atoms with E-state index in [4.69, 9.17) is 4.52 Å². The fourth-order valence-corrected chi connectivity index (χ4v) is 3.46. The number of carbonyl (C=O) groups excluding carboxylic acids is 1. The van der Waals surface area contributed by atoms with Crippen molar-refractivity contribution >= 4 is 5.91 Å². The summed E-state index contributed by atoms with van der Waals surface area (Å²) in [6, 6.07) is 22.8. The maximum atomic E-state index is 12.7. The molecule has 5 aromatic rings. The fraction of sp³-hybridized carbons (Fsp3) is 0.0800. The minimum atomic E-state index is -0.272. The number of imidazole rings is 1. The van der Waals surface area contributed by atoms with Gasteiger partial charge in [-0.25, -0.2) is 9.97 Å². The lowest BCUT2D eigenvalue weighted by Crippen LogP contribution is -2.26. The van der Waals surface area contributed by atoms with Gasteiger partial charge in [0.2, 0.25) is 5.82 Å². The molecule has 0 fully saturated rings. The number of aromatic nitrogens is 5. The van der Waals surface area contributed by atoms with E-state index in [9.17, 15) is 4.79 Å². The Kier molecular flexibility index (Phi) is 5.47. The highest BCUT2D eigenvalue weighted by Crippen LogP contribution is 2.26. The maximum absolute atomic E-state index is 12.7. The molecule has 1 atom stereocenters. The first-order valence-electron chi connectivity index (χ1n) is 10.4. The molecule has 1 amide bonds. The minimum Gasteiger partial charge on any atom is -0.344 e. The van der Waals surface area contributed by atoms with Crippen molar-refractivity contribution in [3.63, 3.8) is 0 Å². The Balaban J connectivity index is 1.40. The van der Waals surface area contributed by atoms with E-state index in [0.29, 0.717) is 23.1 Å². The molecule has 162 valence electrons. The van der Waals surface area contributed by atoms with E-state index in [2.05, 4.69) is 25.4 Å². The molecule has 0 bridgehead atoms. The van der Waals surface area contributed by atoms with Gasteiger partial charge >= 0.3 is 0 Å². The van der Waals surface area contributed by atoms with Crippen LogP contribution < -0.4 is 5.32 Å². The molecule has 0 spiro atoms. The average Bonchev–Trinajstić information content (AvgIpc) is 3.56. The number of hydrogen-bond acceptors (Lipinski definition) is 6. The Hall–Kier alpha value is -4.59. The van der Waals surface area contributed by atoms with Crippen LogP contribution in [0.1, 0.15) is 29.0 Å². The summed E-state index contributed by atoms with van der Waals surface area (Å²) in [5.41, 5.74) is 2.79. The monoisotopic (exact) mass is 436 g/mol. The summed E-state index contributed by atoms with van der Waals surface area (Å²) >= 11 is 0. The molecule has 0 aliphatic carbocycles. The van der Waals surface area contributed by atoms with E-state index >= 15 is 0 Å². The Morgan fingerprint density at radius 1 is 0.970 bits per heavy atom. The van der Waals surface area contributed by atoms with Gasteiger partial charge in [0.05, 0.1) is 11.6 Å². The van der Waals surface area contributed by atoms with Crippen LogP contribution in [0.2, 0.25) is 0 Å². The molecule has 0 aliphatic heterocycles. The zero-order valence-corrected chi connectivity index (χ0v) is 17.8. The number of nitrogens with one attached hydrogen (secondary N) is 1. The van der Waals surface area contributed by atoms with E-state index in [1.165, 1.54) is 0 Å². The molecule has 8 heteroatoms. The highest BCUT2D eigenvalue weighted by Gasteiger charge is 2.19. The molecule has 0 unspecified atom stereocenters. The second-order valence-electron chi connectivity index (χ2n) is 7.44. The molecule has 1 N–H and O–H groups in total. The largest absolute Gasteiger partial charge is 0.344 e. The molecule has 33 heavy (non-hydrogen) atoms. The van der Waals surface area contributed by atoms with Crippen molar-refractivity contribution in [2.75, 3.05) is 0 Å². The first-order chi connectivity index (χ1) is 16.2. The van der Waals surface area contributed by atoms with E-state index in [0.717, 1.165) is 11.1 Å². The van der Waals surface area contributed by atoms with Crippen molar-refractivity contribution < 1.29 is 9.32 Å². The lowest BCUT2D eigenvalue weighted by molar-refractivity contribution is 0.0935. The number of carbonyl (C=O) groups is 1. The summed E-state index contributed by atoms with van der Waals surface area (Å²) in [4.78, 5) is 26.0. The minimum absolute atomic E-state index is 0.149. The highest BCUT2D eigenvalue weighted by molar-refractivity contribution is 5.92. The molecule has 0 aliphatic rings. The SMILES string of the molecule is C[C@H](NC(=O)c1cn(-c2ncccc2-c2nc(-c3ccccc3)no2)cn1)c1ccccc1. The van der Waals surface area contributed by atoms with Gasteiger partial charge < -0.3 is 9.84 Å². The molecule has 2 aromatic carbocycles. The van der Waals surface area contributed by atoms with Crippen LogP contribution in [0.5, 0.6) is 0 Å². The van der Waals surface area contributed by atoms with Crippen LogP contribution in [0, 0.1) is 0 Å². The number of hydrogen-bond donors (Lipinski definition) is 1. The second-order valence-corrected chi connectivity index (χ2v) is 7.44. The van der Waals surface area contributed by atoms with Gasteiger partial charge in [0, 0.05) is 18.0 Å². The Morgan fingerprint density at radius 3 is 2.52 bits per heavy atom. The van der Waals surface area contributed by atoms with E-state index < -0.39 is 0 Å². The van der Waals surface area contributed by atoms with Crippen LogP contribution in [0.25, 0.3) is 28.7 Å². The van der Waals surface area contributed by atoms with Crippen LogP contribution in [-0.2, 0) is 0 Å². The van der Waals surface area contributed by atoms with Crippen LogP contribution >= 0.6 is 0 Å². The molecular formula is C25H20N6O2. The first kappa shape index (κ1) is 20.3. The highest BCUT2D eigenvalue weighted by atomic mass is 16.5. The summed E-state index contributed by atoms with van der Waals surface area (Å²) in [6.07, 6.45) is 4.83. The summed E-state index contributed by atoms with van der Waals surface area (Å²) < 4.78 is 7.18. The summed E-state index contributed by atoms with van der Waals surface area (Å²) in [7, 11) is 0.